The summed E-state index contributed by atoms with van der Waals surface area (Å²) in [7, 11) is 6.14. The third kappa shape index (κ3) is 1.79. The fourth-order valence-electron chi connectivity index (χ4n) is 0.730. The van der Waals surface area contributed by atoms with Crippen LogP contribution < -0.4 is 5.46 Å². The van der Waals surface area contributed by atoms with E-state index in [1.807, 2.05) is 0 Å². The molecule has 0 atom stereocenters. The van der Waals surface area contributed by atoms with Crippen molar-refractivity contribution < 1.29 is 12.8 Å². The van der Waals surface area contributed by atoms with Gasteiger partial charge in [-0.3, -0.25) is 0 Å². The quantitative estimate of drug-likeness (QED) is 0.494. The van der Waals surface area contributed by atoms with E-state index in [4.69, 9.17) is 18.5 Å². The number of hydrogen-bond donors (Lipinski definition) is 0. The van der Waals surface area contributed by atoms with Crippen molar-refractivity contribution in [2.24, 2.45) is 0 Å². The van der Waals surface area contributed by atoms with E-state index in [-0.39, 0.29) is 0 Å². The van der Waals surface area contributed by atoms with Gasteiger partial charge in [0.15, 0.2) is 0 Å². The molecule has 1 rings (SSSR count). The Kier molecular flexibility index (Phi) is 2.44. The lowest BCUT2D eigenvalue weighted by molar-refractivity contribution is 0.606. The van der Waals surface area contributed by atoms with Gasteiger partial charge in [0.25, 0.3) is 9.05 Å². The summed E-state index contributed by atoms with van der Waals surface area (Å²) in [6, 6.07) is 3.42. The van der Waals surface area contributed by atoms with Crippen molar-refractivity contribution in [1.29, 1.82) is 0 Å². The molecule has 0 aromatic heterocycles. The summed E-state index contributed by atoms with van der Waals surface area (Å²) >= 11 is 0. The molecule has 0 fully saturated rings. The van der Waals surface area contributed by atoms with Crippen LogP contribution in [0.2, 0.25) is 0 Å². The number of rotatable bonds is 1. The molecule has 0 N–H and O–H groups in total. The number of halogens is 2. The molecule has 1 aromatic rings. The summed E-state index contributed by atoms with van der Waals surface area (Å²) in [4.78, 5) is -0.399. The van der Waals surface area contributed by atoms with Crippen LogP contribution >= 0.6 is 10.7 Å². The molecule has 0 unspecified atom stereocenters. The van der Waals surface area contributed by atoms with Gasteiger partial charge in [-0.2, -0.15) is 0 Å². The van der Waals surface area contributed by atoms with Gasteiger partial charge in [-0.05, 0) is 17.6 Å². The summed E-state index contributed by atoms with van der Waals surface area (Å²) < 4.78 is 34.1. The van der Waals surface area contributed by atoms with Crippen LogP contribution in [0, 0.1) is 5.82 Å². The summed E-state index contributed by atoms with van der Waals surface area (Å²) in [5.74, 6) is -0.795. The minimum absolute atomic E-state index is 0.399. The summed E-state index contributed by atoms with van der Waals surface area (Å²) in [6.45, 7) is 0. The van der Waals surface area contributed by atoms with Gasteiger partial charge in [0.1, 0.15) is 13.7 Å². The van der Waals surface area contributed by atoms with Crippen molar-refractivity contribution in [1.82, 2.24) is 0 Å². The first-order valence-electron chi connectivity index (χ1n) is 2.91. The molecule has 2 radical (unpaired) electrons. The number of benzene rings is 1. The Morgan fingerprint density at radius 3 is 2.42 bits per heavy atom. The highest BCUT2D eigenvalue weighted by Crippen LogP contribution is 2.12. The van der Waals surface area contributed by atoms with Gasteiger partial charge in [0.2, 0.25) is 0 Å². The van der Waals surface area contributed by atoms with Gasteiger partial charge >= 0.3 is 0 Å². The maximum atomic E-state index is 12.7. The van der Waals surface area contributed by atoms with Crippen LogP contribution in [-0.2, 0) is 9.05 Å². The second kappa shape index (κ2) is 3.07. The van der Waals surface area contributed by atoms with E-state index in [1.54, 1.807) is 0 Å². The van der Waals surface area contributed by atoms with Crippen molar-refractivity contribution in [3.05, 3.63) is 24.0 Å². The fraction of sp³-hybridized carbons (Fsp3) is 0. The zero-order valence-electron chi connectivity index (χ0n) is 5.79. The normalized spacial score (nSPS) is 11.5. The van der Waals surface area contributed by atoms with Crippen LogP contribution in [-0.4, -0.2) is 16.3 Å². The highest BCUT2D eigenvalue weighted by molar-refractivity contribution is 8.13. The summed E-state index contributed by atoms with van der Waals surface area (Å²) in [5.41, 5.74) is -0.451. The Bertz CT molecular complexity index is 404. The van der Waals surface area contributed by atoms with Crippen LogP contribution in [0.25, 0.3) is 0 Å². The van der Waals surface area contributed by atoms with E-state index in [1.165, 1.54) is 6.07 Å². The van der Waals surface area contributed by atoms with Gasteiger partial charge in [0.05, 0.1) is 4.90 Å². The predicted molar refractivity (Wildman–Crippen MR) is 44.8 cm³/mol. The molecule has 6 heteroatoms. The molecule has 0 amide bonds. The Labute approximate surface area is 75.2 Å². The predicted octanol–water partition coefficient (Wildman–Crippen LogP) is 0.547. The van der Waals surface area contributed by atoms with Gasteiger partial charge in [0, 0.05) is 10.7 Å². The Hall–Kier alpha value is -0.545. The second-order valence-electron chi connectivity index (χ2n) is 2.09. The van der Waals surface area contributed by atoms with Crippen LogP contribution in [0.15, 0.2) is 23.1 Å². The Morgan fingerprint density at radius 2 is 2.00 bits per heavy atom. The smallest absolute Gasteiger partial charge is 0.208 e. The molecular weight excluding hydrogens is 201 g/mol. The third-order valence-electron chi connectivity index (χ3n) is 1.28. The maximum absolute atomic E-state index is 12.7. The van der Waals surface area contributed by atoms with E-state index in [0.717, 1.165) is 12.1 Å². The second-order valence-corrected chi connectivity index (χ2v) is 4.62. The lowest BCUT2D eigenvalue weighted by atomic mass is 9.96. The van der Waals surface area contributed by atoms with Crippen molar-refractivity contribution in [3.8, 4) is 0 Å². The summed E-state index contributed by atoms with van der Waals surface area (Å²) in [6.07, 6.45) is 0. The van der Waals surface area contributed by atoms with E-state index in [2.05, 4.69) is 0 Å². The molecule has 62 valence electrons. The van der Waals surface area contributed by atoms with Gasteiger partial charge in [-0.15, -0.1) is 0 Å². The number of hydrogen-bond acceptors (Lipinski definition) is 2. The van der Waals surface area contributed by atoms with E-state index in [0.29, 0.717) is 0 Å². The van der Waals surface area contributed by atoms with E-state index < -0.39 is 25.2 Å². The highest BCUT2D eigenvalue weighted by Gasteiger charge is 2.14. The average Bonchev–Trinajstić information content (AvgIpc) is 1.92. The van der Waals surface area contributed by atoms with Crippen LogP contribution in [0.4, 0.5) is 4.39 Å². The third-order valence-corrected chi connectivity index (χ3v) is 2.66. The highest BCUT2D eigenvalue weighted by atomic mass is 35.7. The minimum Gasteiger partial charge on any atom is -0.208 e. The molecule has 2 nitrogen and oxygen atoms in total. The average molecular weight is 204 g/mol. The standard InChI is InChI=1S/C6H3BClFO2S/c7-6-4(9)2-1-3-5(6)12(8,10)11/h1-3H. The van der Waals surface area contributed by atoms with Gasteiger partial charge in [-0.25, -0.2) is 12.8 Å². The van der Waals surface area contributed by atoms with Crippen molar-refractivity contribution in [3.63, 3.8) is 0 Å². The zero-order valence-corrected chi connectivity index (χ0v) is 7.36. The van der Waals surface area contributed by atoms with Crippen LogP contribution in [0.5, 0.6) is 0 Å². The first kappa shape index (κ1) is 9.54. The Balaban J connectivity index is 3.47. The first-order chi connectivity index (χ1) is 5.43. The Morgan fingerprint density at radius 1 is 1.42 bits per heavy atom. The fourth-order valence-corrected chi connectivity index (χ4v) is 1.73. The molecule has 12 heavy (non-hydrogen) atoms. The molecule has 0 spiro atoms. The molecule has 0 aliphatic rings. The molecule has 0 saturated carbocycles. The van der Waals surface area contributed by atoms with E-state index in [9.17, 15) is 12.8 Å². The molecule has 0 saturated heterocycles. The monoisotopic (exact) mass is 204 g/mol. The van der Waals surface area contributed by atoms with Crippen molar-refractivity contribution >= 4 is 33.0 Å². The first-order valence-corrected chi connectivity index (χ1v) is 5.22. The van der Waals surface area contributed by atoms with Crippen molar-refractivity contribution in [2.75, 3.05) is 0 Å². The molecule has 0 bridgehead atoms. The maximum Gasteiger partial charge on any atom is 0.260 e. The van der Waals surface area contributed by atoms with Gasteiger partial charge in [-0.1, -0.05) is 6.07 Å². The lowest BCUT2D eigenvalue weighted by Gasteiger charge is -2.01. The minimum atomic E-state index is -3.95. The lowest BCUT2D eigenvalue weighted by Crippen LogP contribution is -2.16. The SMILES string of the molecule is [B]c1c(F)cccc1S(=O)(=O)Cl. The zero-order chi connectivity index (χ0) is 9.35. The van der Waals surface area contributed by atoms with Gasteiger partial charge < -0.3 is 0 Å². The topological polar surface area (TPSA) is 34.1 Å². The van der Waals surface area contributed by atoms with E-state index >= 15 is 0 Å². The molecular formula is C6H3BClFO2S. The molecule has 0 aliphatic carbocycles. The largest absolute Gasteiger partial charge is 0.260 e. The van der Waals surface area contributed by atoms with Crippen LogP contribution in [0.3, 0.4) is 0 Å². The molecule has 1 aromatic carbocycles. The van der Waals surface area contributed by atoms with Crippen molar-refractivity contribution in [2.45, 2.75) is 4.90 Å². The summed E-state index contributed by atoms with van der Waals surface area (Å²) in [5, 5.41) is 0. The molecule has 0 aliphatic heterocycles. The molecule has 0 heterocycles. The van der Waals surface area contributed by atoms with Crippen LogP contribution in [0.1, 0.15) is 0 Å².